The van der Waals surface area contributed by atoms with E-state index in [1.807, 2.05) is 13.0 Å². The number of primary amides is 1. The molecule has 0 saturated carbocycles. The van der Waals surface area contributed by atoms with Gasteiger partial charge in [-0.1, -0.05) is 163 Å². The number of nitrogens with two attached hydrogens (primary N) is 1. The van der Waals surface area contributed by atoms with Gasteiger partial charge in [0.25, 0.3) is 0 Å². The van der Waals surface area contributed by atoms with Crippen molar-refractivity contribution in [1.29, 1.82) is 0 Å². The van der Waals surface area contributed by atoms with Gasteiger partial charge >= 0.3 is 5.97 Å². The molecule has 8 aromatic rings. The fourth-order valence-corrected chi connectivity index (χ4v) is 16.5. The van der Waals surface area contributed by atoms with E-state index in [1.165, 1.54) is 93.6 Å². The van der Waals surface area contributed by atoms with Crippen molar-refractivity contribution in [2.24, 2.45) is 17.6 Å². The summed E-state index contributed by atoms with van der Waals surface area (Å²) in [6.45, 7) is 6.16. The number of para-hydroxylation sites is 1. The van der Waals surface area contributed by atoms with Crippen molar-refractivity contribution in [2.45, 2.75) is 172 Å². The second-order valence-electron chi connectivity index (χ2n) is 33.9. The quantitative estimate of drug-likeness (QED) is 0.0438. The third-order valence-corrected chi connectivity index (χ3v) is 23.9. The Morgan fingerprint density at radius 3 is 1.52 bits per heavy atom. The number of phenols is 2. The van der Waals surface area contributed by atoms with Gasteiger partial charge in [0.15, 0.2) is 0 Å². The minimum absolute atomic E-state index is 0.0226. The number of benzene rings is 6. The highest BCUT2D eigenvalue weighted by atomic mass is 32.2. The third-order valence-electron chi connectivity index (χ3n) is 22.9. The number of carbonyl (C=O) groups excluding carboxylic acids is 15. The van der Waals surface area contributed by atoms with Crippen LogP contribution < -0.4 is 53.6 Å². The average molecular weight is 1840 g/mol. The molecule has 1 aliphatic rings. The van der Waals surface area contributed by atoms with Crippen LogP contribution in [0.4, 0.5) is 0 Å². The normalized spacial score (nSPS) is 21.7. The molecular weight excluding hydrogens is 1720 g/mol. The topological polar surface area (TPSA) is 516 Å². The number of hydrogen-bond acceptors (Lipinski definition) is 19. The number of likely N-dealkylation sites (N-methyl/N-ethyl adjacent to an activating group) is 5. The minimum atomic E-state index is -1.91. The van der Waals surface area contributed by atoms with Gasteiger partial charge in [0.05, 0.1) is 31.8 Å². The number of amides is 15. The number of carbonyl (C=O) groups is 16. The maximum atomic E-state index is 15.7. The van der Waals surface area contributed by atoms with Crippen LogP contribution in [-0.4, -0.2) is 277 Å². The minimum Gasteiger partial charge on any atom is -0.508 e. The van der Waals surface area contributed by atoms with Crippen LogP contribution in [-0.2, 0) is 115 Å². The van der Waals surface area contributed by atoms with E-state index in [4.69, 9.17) is 5.73 Å². The van der Waals surface area contributed by atoms with Gasteiger partial charge in [0, 0.05) is 114 Å². The number of aromatic amines is 2. The molecule has 16 N–H and O–H groups in total. The summed E-state index contributed by atoms with van der Waals surface area (Å²) in [5.74, 6) is -17.5. The molecule has 36 nitrogen and oxygen atoms in total. The molecule has 15 amide bonds. The monoisotopic (exact) mass is 1830 g/mol. The summed E-state index contributed by atoms with van der Waals surface area (Å²) in [5, 5.41) is 56.4. The Bertz CT molecular complexity index is 5400. The predicted molar refractivity (Wildman–Crippen MR) is 494 cm³/mol. The first kappa shape index (κ1) is 102. The van der Waals surface area contributed by atoms with Crippen LogP contribution in [0.15, 0.2) is 170 Å². The van der Waals surface area contributed by atoms with Gasteiger partial charge < -0.3 is 103 Å². The fraction of sp³-hybridized carbons (Fsp3) is 0.411. The maximum absolute atomic E-state index is 15.7. The van der Waals surface area contributed by atoms with Gasteiger partial charge in [0.2, 0.25) is 88.6 Å². The number of nitrogens with one attached hydrogen (secondary N) is 11. The Morgan fingerprint density at radius 1 is 0.455 bits per heavy atom. The third kappa shape index (κ3) is 29.2. The lowest BCUT2D eigenvalue weighted by atomic mass is 9.98. The zero-order valence-corrected chi connectivity index (χ0v) is 76.4. The number of H-pyrrole nitrogens is 2. The number of carboxylic acid groups (broad SMARTS) is 1. The molecule has 132 heavy (non-hydrogen) atoms. The molecule has 6 aromatic carbocycles. The summed E-state index contributed by atoms with van der Waals surface area (Å²) in [7, 11) is 6.55. The number of nitrogens with zero attached hydrogens (tertiary/aromatic N) is 5. The lowest BCUT2D eigenvalue weighted by molar-refractivity contribution is -0.151. The molecule has 0 aliphatic carbocycles. The lowest BCUT2D eigenvalue weighted by Crippen LogP contribution is -2.61. The van der Waals surface area contributed by atoms with Crippen molar-refractivity contribution in [3.05, 3.63) is 203 Å². The highest BCUT2D eigenvalue weighted by Crippen LogP contribution is 2.26. The zero-order valence-electron chi connectivity index (χ0n) is 75.6. The summed E-state index contributed by atoms with van der Waals surface area (Å²) in [6, 6.07) is 25.6. The number of unbranched alkanes of at least 4 members (excludes halogenated alkanes) is 1. The van der Waals surface area contributed by atoms with E-state index in [2.05, 4.69) is 57.8 Å². The first-order valence-electron chi connectivity index (χ1n) is 43.7. The van der Waals surface area contributed by atoms with Crippen LogP contribution in [0.1, 0.15) is 100 Å². The highest BCUT2D eigenvalue weighted by Gasteiger charge is 2.42. The first-order valence-corrected chi connectivity index (χ1v) is 44.8. The summed E-state index contributed by atoms with van der Waals surface area (Å²) in [4.78, 5) is 248. The maximum Gasteiger partial charge on any atom is 0.305 e. The molecule has 9 rings (SSSR count). The molecule has 0 radical (unpaired) electrons. The van der Waals surface area contributed by atoms with Crippen LogP contribution in [0, 0.1) is 11.8 Å². The van der Waals surface area contributed by atoms with E-state index in [0.717, 1.165) is 26.5 Å². The van der Waals surface area contributed by atoms with Gasteiger partial charge in [-0.15, -0.1) is 11.8 Å². The Hall–Kier alpha value is -14.1. The number of rotatable bonds is 23. The van der Waals surface area contributed by atoms with Crippen LogP contribution in [0.2, 0.25) is 0 Å². The van der Waals surface area contributed by atoms with Crippen LogP contribution >= 0.6 is 11.8 Å². The summed E-state index contributed by atoms with van der Waals surface area (Å²) in [6.07, 6.45) is 1.70. The van der Waals surface area contributed by atoms with Crippen molar-refractivity contribution >= 4 is 128 Å². The Kier molecular flexibility index (Phi) is 37.3. The van der Waals surface area contributed by atoms with Gasteiger partial charge in [-0.05, 0) is 101 Å². The molecule has 704 valence electrons. The molecule has 1 aliphatic heterocycles. The number of aliphatic carboxylic acids is 1. The smallest absolute Gasteiger partial charge is 0.305 e. The summed E-state index contributed by atoms with van der Waals surface area (Å²) < 4.78 is 0. The second-order valence-corrected chi connectivity index (χ2v) is 35.0. The van der Waals surface area contributed by atoms with Crippen LogP contribution in [0.3, 0.4) is 0 Å². The molecule has 11 atom stereocenters. The van der Waals surface area contributed by atoms with Gasteiger partial charge in [-0.2, -0.15) is 0 Å². The number of thioether (sulfide) groups is 1. The zero-order chi connectivity index (χ0) is 96.2. The number of fused-ring (bicyclic) bond motifs is 2. The van der Waals surface area contributed by atoms with E-state index < -0.39 is 205 Å². The molecule has 1 saturated heterocycles. The van der Waals surface area contributed by atoms with E-state index in [9.17, 15) is 48.9 Å². The van der Waals surface area contributed by atoms with Gasteiger partial charge in [-0.25, -0.2) is 0 Å². The molecular formula is C95H119N17O19S. The predicted octanol–water partition coefficient (Wildman–Crippen LogP) is 2.81. The average Bonchev–Trinajstić information content (AvgIpc) is 1.70. The van der Waals surface area contributed by atoms with Gasteiger partial charge in [0.1, 0.15) is 78.0 Å². The molecule has 37 heteroatoms. The summed E-state index contributed by atoms with van der Waals surface area (Å²) >= 11 is 0.828. The number of phenolic OH excluding ortho intramolecular Hbond substituents is 2. The molecule has 2 aromatic heterocycles. The Balaban J connectivity index is 1.12. The fourth-order valence-electron chi connectivity index (χ4n) is 15.6. The largest absolute Gasteiger partial charge is 0.508 e. The van der Waals surface area contributed by atoms with Crippen molar-refractivity contribution in [3.63, 3.8) is 0 Å². The number of aromatic nitrogens is 2. The van der Waals surface area contributed by atoms with E-state index >= 15 is 43.2 Å². The van der Waals surface area contributed by atoms with E-state index in [0.29, 0.717) is 68.0 Å². The van der Waals surface area contributed by atoms with Crippen molar-refractivity contribution in [2.75, 3.05) is 66.4 Å². The number of aromatic hydroxyl groups is 2. The Labute approximate surface area is 769 Å². The SMILES string of the molecule is CCCC[C@H]1C(=O)N(C)CC(=O)N[C@@H](CC(=O)O)C(=O)N[C@@H](C(C)C)C(=O)N(C)[C@@H](Cc2ccccc2)C(=O)N[C@@H](Cc2ccc(O)cc2)C(=O)N(C)CC(=O)N[C@@H](Cc2c[nH]c3ccccc23)C(=O)N[C@@H](Cc2ccc(O)cc2)C(=O)N[C@@H](CC(C)C)C(=O)N[C@H](C(=O)NCC(N)=O)CSCC(=O)N[C@@H](Cc2cccc3[nH]ccc23)C(=O)N(C)[C@@H](Cc2ccccc2)C(=O)N1C. The molecule has 0 bridgehead atoms. The molecule has 1 fully saturated rings. The van der Waals surface area contributed by atoms with Crippen molar-refractivity contribution < 1.29 is 92.0 Å². The van der Waals surface area contributed by atoms with Crippen LogP contribution in [0.5, 0.6) is 11.5 Å². The second kappa shape index (κ2) is 48.5. The molecule has 0 unspecified atom stereocenters. The van der Waals surface area contributed by atoms with Crippen molar-refractivity contribution in [3.8, 4) is 11.5 Å². The molecule has 3 heterocycles. The van der Waals surface area contributed by atoms with E-state index in [-0.39, 0.29) is 68.8 Å². The van der Waals surface area contributed by atoms with E-state index in [1.54, 1.807) is 143 Å². The number of carboxylic acids is 1. The van der Waals surface area contributed by atoms with Crippen molar-refractivity contribution in [1.82, 2.24) is 82.3 Å². The highest BCUT2D eigenvalue weighted by molar-refractivity contribution is 8.00. The first-order chi connectivity index (χ1) is 62.9. The lowest BCUT2D eigenvalue weighted by Gasteiger charge is -2.37. The standard InChI is InChI=1S/C95H119N17O19S/c1-11-12-30-76-93(129)109(7)52-81(117)101-72(48-83(119)120)89(125)107-84(56(4)5)95(131)111(9)77(44-57-22-15-13-16-23-57)90(126)105-73(43-60-33-37-64(114)38-34-60)91(127)108(6)51-80(116)100-71(47-62-49-98-68-28-20-19-27-65(62)68)88(124)104-70(42-59-31-35-63(113)36-32-59)87(123)103-69(41-55(2)3)86(122)106-75(85(121)99-50-79(96)115)53-132-54-82(118)102-74(46-61-26-21-29-67-66(61)39-40-97-67)92(128)112(10)78(94(130)110(76)8)45-58-24-17-14-18-25-58/h13-29,31-40,49,55-56,69-78,84,97-98,113-114H,11-12,30,41-48,50-54H2,1-10H3,(H2,96,115)(H,99,121)(H,100,116)(H,101,117)(H,102,118)(H,103,123)(H,104,124)(H,105,126)(H,106,122)(H,107,125)(H,119,120)/t69-,70-,71-,72-,73-,74-,75-,76-,77-,78-,84-/m0/s1. The summed E-state index contributed by atoms with van der Waals surface area (Å²) in [5.41, 5.74) is 9.82. The van der Waals surface area contributed by atoms with Crippen LogP contribution in [0.25, 0.3) is 21.8 Å². The number of hydrogen-bond donors (Lipinski definition) is 15. The Morgan fingerprint density at radius 2 is 0.932 bits per heavy atom. The molecule has 0 spiro atoms. The van der Waals surface area contributed by atoms with Gasteiger partial charge in [-0.3, -0.25) is 76.7 Å².